The van der Waals surface area contributed by atoms with Crippen molar-refractivity contribution in [1.29, 1.82) is 0 Å². The van der Waals surface area contributed by atoms with Gasteiger partial charge in [-0.1, -0.05) is 43.4 Å². The number of anilines is 1. The van der Waals surface area contributed by atoms with E-state index in [0.29, 0.717) is 32.1 Å². The monoisotopic (exact) mass is 433 g/mol. The Kier molecular flexibility index (Phi) is 5.44. The van der Waals surface area contributed by atoms with Crippen molar-refractivity contribution in [1.82, 2.24) is 9.88 Å². The largest absolute Gasteiger partial charge is 0.416 e. The fraction of sp³-hybridized carbons (Fsp3) is 0.364. The molecule has 1 aliphatic heterocycles. The predicted molar refractivity (Wildman–Crippen MR) is 113 cm³/mol. The molecular weight excluding hydrogens is 411 g/mol. The lowest BCUT2D eigenvalue weighted by atomic mass is 10.0. The van der Waals surface area contributed by atoms with Crippen molar-refractivity contribution >= 4 is 32.6 Å². The van der Waals surface area contributed by atoms with E-state index in [0.717, 1.165) is 27.5 Å². The molecular formula is C22H22F3N3OS. The molecule has 0 bridgehead atoms. The SMILES string of the molecule is CC(C)c1cccc2sc(N3CCN(C(=O)c4cccc(C(F)(F)F)c4)CC3)nc12. The van der Waals surface area contributed by atoms with Gasteiger partial charge in [-0.15, -0.1) is 0 Å². The zero-order chi connectivity index (χ0) is 21.5. The summed E-state index contributed by atoms with van der Waals surface area (Å²) in [5.74, 6) is 0.0118. The lowest BCUT2D eigenvalue weighted by molar-refractivity contribution is -0.137. The van der Waals surface area contributed by atoms with Crippen molar-refractivity contribution in [2.24, 2.45) is 0 Å². The van der Waals surface area contributed by atoms with Gasteiger partial charge in [-0.05, 0) is 35.7 Å². The van der Waals surface area contributed by atoms with Crippen LogP contribution in [0.25, 0.3) is 10.2 Å². The number of para-hydroxylation sites is 1. The van der Waals surface area contributed by atoms with E-state index in [1.165, 1.54) is 17.7 Å². The Labute approximate surface area is 176 Å². The Hall–Kier alpha value is -2.61. The van der Waals surface area contributed by atoms with Gasteiger partial charge in [0.25, 0.3) is 5.91 Å². The number of thiazole rings is 1. The van der Waals surface area contributed by atoms with Crippen LogP contribution in [0.3, 0.4) is 0 Å². The first-order valence-electron chi connectivity index (χ1n) is 9.85. The van der Waals surface area contributed by atoms with Gasteiger partial charge in [-0.2, -0.15) is 13.2 Å². The van der Waals surface area contributed by atoms with Gasteiger partial charge in [-0.3, -0.25) is 4.79 Å². The Morgan fingerprint density at radius 3 is 2.43 bits per heavy atom. The smallest absolute Gasteiger partial charge is 0.345 e. The maximum Gasteiger partial charge on any atom is 0.416 e. The van der Waals surface area contributed by atoms with Gasteiger partial charge < -0.3 is 9.80 Å². The van der Waals surface area contributed by atoms with E-state index >= 15 is 0 Å². The number of rotatable bonds is 3. The summed E-state index contributed by atoms with van der Waals surface area (Å²) in [7, 11) is 0. The van der Waals surface area contributed by atoms with Crippen LogP contribution in [0.4, 0.5) is 18.3 Å². The third kappa shape index (κ3) is 4.01. The Morgan fingerprint density at radius 2 is 1.77 bits per heavy atom. The fourth-order valence-electron chi connectivity index (χ4n) is 3.67. The maximum atomic E-state index is 12.9. The molecule has 4 rings (SSSR count). The van der Waals surface area contributed by atoms with E-state index in [1.54, 1.807) is 16.2 Å². The highest BCUT2D eigenvalue weighted by molar-refractivity contribution is 7.22. The van der Waals surface area contributed by atoms with E-state index in [1.807, 2.05) is 6.07 Å². The molecule has 1 amide bonds. The van der Waals surface area contributed by atoms with Crippen LogP contribution in [0.15, 0.2) is 42.5 Å². The number of alkyl halides is 3. The highest BCUT2D eigenvalue weighted by Gasteiger charge is 2.32. The van der Waals surface area contributed by atoms with Crippen molar-refractivity contribution in [3.63, 3.8) is 0 Å². The molecule has 0 aliphatic carbocycles. The average molecular weight is 433 g/mol. The van der Waals surface area contributed by atoms with E-state index in [4.69, 9.17) is 4.98 Å². The number of hydrogen-bond acceptors (Lipinski definition) is 4. The zero-order valence-electron chi connectivity index (χ0n) is 16.7. The number of fused-ring (bicyclic) bond motifs is 1. The minimum Gasteiger partial charge on any atom is -0.345 e. The molecule has 0 radical (unpaired) electrons. The van der Waals surface area contributed by atoms with Crippen LogP contribution in [-0.4, -0.2) is 42.0 Å². The van der Waals surface area contributed by atoms with Crippen molar-refractivity contribution in [2.75, 3.05) is 31.1 Å². The molecule has 0 N–H and O–H groups in total. The maximum absolute atomic E-state index is 12.9. The van der Waals surface area contributed by atoms with Gasteiger partial charge in [0.2, 0.25) is 0 Å². The standard InChI is InChI=1S/C22H22F3N3OS/c1-14(2)17-7-4-8-18-19(17)26-21(30-18)28-11-9-27(10-12-28)20(29)15-5-3-6-16(13-15)22(23,24)25/h3-8,13-14H,9-12H2,1-2H3. The second-order valence-electron chi connectivity index (χ2n) is 7.70. The van der Waals surface area contributed by atoms with Crippen LogP contribution >= 0.6 is 11.3 Å². The summed E-state index contributed by atoms with van der Waals surface area (Å²) in [5, 5.41) is 0.921. The molecule has 30 heavy (non-hydrogen) atoms. The number of nitrogens with zero attached hydrogens (tertiary/aromatic N) is 3. The number of carbonyl (C=O) groups is 1. The van der Waals surface area contributed by atoms with E-state index in [-0.39, 0.29) is 11.5 Å². The minimum atomic E-state index is -4.46. The Balaban J connectivity index is 1.47. The van der Waals surface area contributed by atoms with Gasteiger partial charge in [0.15, 0.2) is 5.13 Å². The van der Waals surface area contributed by atoms with Crippen LogP contribution < -0.4 is 4.90 Å². The summed E-state index contributed by atoms with van der Waals surface area (Å²) in [6.07, 6.45) is -4.46. The molecule has 4 nitrogen and oxygen atoms in total. The van der Waals surface area contributed by atoms with Crippen LogP contribution in [0, 0.1) is 0 Å². The molecule has 1 aliphatic rings. The number of benzene rings is 2. The van der Waals surface area contributed by atoms with E-state index < -0.39 is 11.7 Å². The predicted octanol–water partition coefficient (Wildman–Crippen LogP) is 5.40. The normalized spacial score (nSPS) is 15.3. The van der Waals surface area contributed by atoms with E-state index in [9.17, 15) is 18.0 Å². The second kappa shape index (κ2) is 7.91. The summed E-state index contributed by atoms with van der Waals surface area (Å²) in [4.78, 5) is 21.3. The lowest BCUT2D eigenvalue weighted by Crippen LogP contribution is -2.48. The highest BCUT2D eigenvalue weighted by Crippen LogP contribution is 2.34. The first-order chi connectivity index (χ1) is 14.2. The summed E-state index contributed by atoms with van der Waals surface area (Å²) in [6, 6.07) is 10.8. The summed E-state index contributed by atoms with van der Waals surface area (Å²) >= 11 is 1.63. The van der Waals surface area contributed by atoms with Gasteiger partial charge in [0.05, 0.1) is 15.8 Å². The van der Waals surface area contributed by atoms with Crippen molar-refractivity contribution < 1.29 is 18.0 Å². The molecule has 2 heterocycles. The van der Waals surface area contributed by atoms with Gasteiger partial charge in [0, 0.05) is 31.7 Å². The first-order valence-corrected chi connectivity index (χ1v) is 10.7. The topological polar surface area (TPSA) is 36.4 Å². The van der Waals surface area contributed by atoms with Crippen LogP contribution in [0.5, 0.6) is 0 Å². The molecule has 1 aromatic heterocycles. The van der Waals surface area contributed by atoms with Gasteiger partial charge in [0.1, 0.15) is 0 Å². The molecule has 0 spiro atoms. The molecule has 1 fully saturated rings. The number of amides is 1. The highest BCUT2D eigenvalue weighted by atomic mass is 32.1. The molecule has 8 heteroatoms. The second-order valence-corrected chi connectivity index (χ2v) is 8.71. The average Bonchev–Trinajstić information content (AvgIpc) is 3.17. The molecule has 2 aromatic carbocycles. The third-order valence-corrected chi connectivity index (χ3v) is 6.42. The Morgan fingerprint density at radius 1 is 1.07 bits per heavy atom. The first kappa shape index (κ1) is 20.7. The van der Waals surface area contributed by atoms with Crippen molar-refractivity contribution in [3.05, 3.63) is 59.2 Å². The van der Waals surface area contributed by atoms with Gasteiger partial charge in [-0.25, -0.2) is 4.98 Å². The number of hydrogen-bond donors (Lipinski definition) is 0. The number of carbonyl (C=O) groups excluding carboxylic acids is 1. The minimum absolute atomic E-state index is 0.0693. The fourth-order valence-corrected chi connectivity index (χ4v) is 4.72. The molecule has 0 atom stereocenters. The van der Waals surface area contributed by atoms with Crippen LogP contribution in [0.1, 0.15) is 41.3 Å². The summed E-state index contributed by atoms with van der Waals surface area (Å²) in [5.41, 5.74) is 1.51. The molecule has 0 unspecified atom stereocenters. The van der Waals surface area contributed by atoms with Crippen LogP contribution in [0.2, 0.25) is 0 Å². The summed E-state index contributed by atoms with van der Waals surface area (Å²) < 4.78 is 40.0. The molecule has 158 valence electrons. The molecule has 1 saturated heterocycles. The van der Waals surface area contributed by atoms with E-state index in [2.05, 4.69) is 30.9 Å². The summed E-state index contributed by atoms with van der Waals surface area (Å²) in [6.45, 7) is 6.38. The lowest BCUT2D eigenvalue weighted by Gasteiger charge is -2.34. The van der Waals surface area contributed by atoms with Crippen molar-refractivity contribution in [3.8, 4) is 0 Å². The zero-order valence-corrected chi connectivity index (χ0v) is 17.6. The van der Waals surface area contributed by atoms with Gasteiger partial charge >= 0.3 is 6.18 Å². The molecule has 3 aromatic rings. The number of halogens is 3. The number of piperazine rings is 1. The quantitative estimate of drug-likeness (QED) is 0.555. The number of aromatic nitrogens is 1. The van der Waals surface area contributed by atoms with Crippen molar-refractivity contribution in [2.45, 2.75) is 25.9 Å². The molecule has 0 saturated carbocycles. The third-order valence-electron chi connectivity index (χ3n) is 5.34. The van der Waals surface area contributed by atoms with Crippen LogP contribution in [-0.2, 0) is 6.18 Å². The Bertz CT molecular complexity index is 1070.